The van der Waals surface area contributed by atoms with Gasteiger partial charge in [0, 0.05) is 30.9 Å². The molecule has 3 aromatic heterocycles. The number of hydrogen-bond acceptors (Lipinski definition) is 6. The maximum atomic E-state index is 14.7. The largest absolute Gasteiger partial charge is 0.390 e. The van der Waals surface area contributed by atoms with Crippen molar-refractivity contribution in [3.05, 3.63) is 47.8 Å². The molecule has 0 bridgehead atoms. The van der Waals surface area contributed by atoms with Crippen LogP contribution in [0.3, 0.4) is 0 Å². The van der Waals surface area contributed by atoms with Gasteiger partial charge in [-0.3, -0.25) is 9.20 Å². The van der Waals surface area contributed by atoms with E-state index in [9.17, 15) is 23.1 Å². The van der Waals surface area contributed by atoms with Crippen molar-refractivity contribution in [2.75, 3.05) is 25.0 Å². The fourth-order valence-electron chi connectivity index (χ4n) is 3.77. The number of nitrogens with zero attached hydrogens (tertiary/aromatic N) is 3. The molecule has 0 aromatic carbocycles. The number of fused-ring (bicyclic) bond motifs is 1. The monoisotopic (exact) mass is 476 g/mol. The predicted molar refractivity (Wildman–Crippen MR) is 121 cm³/mol. The van der Waals surface area contributed by atoms with Crippen LogP contribution in [-0.2, 0) is 0 Å². The molecule has 4 rings (SSSR count). The van der Waals surface area contributed by atoms with Gasteiger partial charge in [-0.2, -0.15) is 0 Å². The predicted octanol–water partition coefficient (Wildman–Crippen LogP) is 2.68. The maximum Gasteiger partial charge on any atom is 0.251 e. The molecule has 2 atom stereocenters. The minimum Gasteiger partial charge on any atom is -0.390 e. The average molecular weight is 477 g/mol. The first-order chi connectivity index (χ1) is 16.1. The van der Waals surface area contributed by atoms with Crippen LogP contribution in [0, 0.1) is 11.6 Å². The zero-order chi connectivity index (χ0) is 24.5. The van der Waals surface area contributed by atoms with Crippen molar-refractivity contribution in [1.82, 2.24) is 25.0 Å². The average Bonchev–Trinajstić information content (AvgIpc) is 3.19. The summed E-state index contributed by atoms with van der Waals surface area (Å²) in [6, 6.07) is 3.09. The summed E-state index contributed by atoms with van der Waals surface area (Å²) in [5.74, 6) is -2.39. The number of piperidine rings is 1. The summed E-state index contributed by atoms with van der Waals surface area (Å²) in [6.45, 7) is 4.44. The fourth-order valence-corrected chi connectivity index (χ4v) is 3.77. The molecule has 0 saturated carbocycles. The number of aromatic nitrogens is 3. The third-order valence-electron chi connectivity index (χ3n) is 5.69. The number of carbonyl (C=O) groups excluding carboxylic acids is 1. The number of alkyl halides is 1. The first kappa shape index (κ1) is 24.0. The second-order valence-electron chi connectivity index (χ2n) is 9.01. The van der Waals surface area contributed by atoms with Gasteiger partial charge in [-0.15, -0.1) is 0 Å². The highest BCUT2D eigenvalue weighted by Crippen LogP contribution is 2.27. The highest BCUT2D eigenvalue weighted by Gasteiger charge is 2.27. The summed E-state index contributed by atoms with van der Waals surface area (Å²) in [5.41, 5.74) is -0.0889. The molecule has 3 aromatic rings. The Morgan fingerprint density at radius 3 is 2.85 bits per heavy atom. The van der Waals surface area contributed by atoms with Gasteiger partial charge in [0.15, 0.2) is 17.5 Å². The summed E-state index contributed by atoms with van der Waals surface area (Å²) < 4.78 is 44.8. The highest BCUT2D eigenvalue weighted by molar-refractivity contribution is 5.95. The van der Waals surface area contributed by atoms with Crippen molar-refractivity contribution in [2.24, 2.45) is 0 Å². The molecule has 8 nitrogen and oxygen atoms in total. The topological polar surface area (TPSA) is 104 Å². The fraction of sp³-hybridized carbons (Fsp3) is 0.435. The van der Waals surface area contributed by atoms with E-state index >= 15 is 0 Å². The molecule has 1 saturated heterocycles. The van der Waals surface area contributed by atoms with Crippen LogP contribution in [0.5, 0.6) is 0 Å². The zero-order valence-electron chi connectivity index (χ0n) is 18.9. The molecular formula is C23H27F3N6O2. The normalized spacial score (nSPS) is 18.8. The molecule has 4 N–H and O–H groups in total. The molecule has 1 aliphatic heterocycles. The Bertz CT molecular complexity index is 1190. The van der Waals surface area contributed by atoms with Crippen molar-refractivity contribution in [1.29, 1.82) is 0 Å². The number of anilines is 1. The van der Waals surface area contributed by atoms with Crippen molar-refractivity contribution >= 4 is 17.4 Å². The summed E-state index contributed by atoms with van der Waals surface area (Å²) in [5, 5.41) is 18.3. The van der Waals surface area contributed by atoms with Gasteiger partial charge in [0.1, 0.15) is 17.5 Å². The number of rotatable bonds is 7. The molecule has 11 heteroatoms. The van der Waals surface area contributed by atoms with Crippen LogP contribution in [0.1, 0.15) is 37.0 Å². The van der Waals surface area contributed by atoms with E-state index in [4.69, 9.17) is 0 Å². The Morgan fingerprint density at radius 2 is 2.12 bits per heavy atom. The summed E-state index contributed by atoms with van der Waals surface area (Å²) in [6.07, 6.45) is 2.41. The molecule has 0 spiro atoms. The standard InChI is InChI=1S/C23H27F3N6O2/c1-23(2,34)5-7-28-22(33)13-4-8-32-18(12-29-19(32)9-13)20-15(25)10-16(26)21(31-20)30-17-11-27-6-3-14(17)24/h4,8-10,12,14,17,27,34H,3,5-7,11H2,1-2H3,(H,28,33)(H,30,31)/t14-,17-/m1/s1. The number of imidazole rings is 1. The van der Waals surface area contributed by atoms with E-state index in [1.165, 1.54) is 16.7 Å². The van der Waals surface area contributed by atoms with Gasteiger partial charge in [-0.25, -0.2) is 23.1 Å². The smallest absolute Gasteiger partial charge is 0.251 e. The van der Waals surface area contributed by atoms with Crippen LogP contribution in [0.15, 0.2) is 30.6 Å². The quantitative estimate of drug-likeness (QED) is 0.418. The third-order valence-corrected chi connectivity index (χ3v) is 5.69. The van der Waals surface area contributed by atoms with Gasteiger partial charge in [-0.1, -0.05) is 0 Å². The minimum atomic E-state index is -1.18. The lowest BCUT2D eigenvalue weighted by atomic mass is 10.1. The van der Waals surface area contributed by atoms with Crippen LogP contribution in [0.4, 0.5) is 19.0 Å². The van der Waals surface area contributed by atoms with E-state index in [-0.39, 0.29) is 29.5 Å². The Hall–Kier alpha value is -3.18. The third kappa shape index (κ3) is 5.31. The second kappa shape index (κ2) is 9.59. The Kier molecular flexibility index (Phi) is 6.76. The van der Waals surface area contributed by atoms with Gasteiger partial charge in [-0.05, 0) is 45.4 Å². The van der Waals surface area contributed by atoms with Crippen LogP contribution < -0.4 is 16.0 Å². The number of halogens is 3. The maximum absolute atomic E-state index is 14.7. The Morgan fingerprint density at radius 1 is 1.32 bits per heavy atom. The van der Waals surface area contributed by atoms with Crippen molar-refractivity contribution in [2.45, 2.75) is 44.5 Å². The first-order valence-corrected chi connectivity index (χ1v) is 11.1. The van der Waals surface area contributed by atoms with E-state index in [0.29, 0.717) is 43.3 Å². The van der Waals surface area contributed by atoms with E-state index in [1.54, 1.807) is 26.1 Å². The van der Waals surface area contributed by atoms with Gasteiger partial charge >= 0.3 is 0 Å². The van der Waals surface area contributed by atoms with Gasteiger partial charge in [0.25, 0.3) is 5.91 Å². The summed E-state index contributed by atoms with van der Waals surface area (Å²) >= 11 is 0. The van der Waals surface area contributed by atoms with Crippen molar-refractivity contribution < 1.29 is 23.1 Å². The van der Waals surface area contributed by atoms with Gasteiger partial charge < -0.3 is 21.1 Å². The molecule has 0 aliphatic carbocycles. The van der Waals surface area contributed by atoms with Crippen LogP contribution in [-0.4, -0.2) is 62.8 Å². The highest BCUT2D eigenvalue weighted by atomic mass is 19.1. The molecule has 34 heavy (non-hydrogen) atoms. The lowest BCUT2D eigenvalue weighted by Gasteiger charge is -2.28. The number of nitrogens with one attached hydrogen (secondary N) is 3. The molecular weight excluding hydrogens is 449 g/mol. The van der Waals surface area contributed by atoms with E-state index in [0.717, 1.165) is 0 Å². The molecule has 0 unspecified atom stereocenters. The lowest BCUT2D eigenvalue weighted by molar-refractivity contribution is 0.0693. The Labute approximate surface area is 194 Å². The molecule has 4 heterocycles. The van der Waals surface area contributed by atoms with E-state index in [1.807, 2.05) is 0 Å². The van der Waals surface area contributed by atoms with Crippen LogP contribution in [0.25, 0.3) is 17.0 Å². The van der Waals surface area contributed by atoms with Crippen LogP contribution >= 0.6 is 0 Å². The number of pyridine rings is 2. The molecule has 182 valence electrons. The van der Waals surface area contributed by atoms with Crippen molar-refractivity contribution in [3.8, 4) is 11.4 Å². The molecule has 1 amide bonds. The number of aliphatic hydroxyl groups is 1. The number of amides is 1. The first-order valence-electron chi connectivity index (χ1n) is 11.1. The number of hydrogen-bond donors (Lipinski definition) is 4. The Balaban J connectivity index is 1.58. The van der Waals surface area contributed by atoms with Gasteiger partial charge in [0.2, 0.25) is 0 Å². The minimum absolute atomic E-state index is 0.155. The molecule has 1 fully saturated rings. The lowest BCUT2D eigenvalue weighted by Crippen LogP contribution is -2.46. The summed E-state index contributed by atoms with van der Waals surface area (Å²) in [4.78, 5) is 20.7. The molecule has 1 aliphatic rings. The zero-order valence-corrected chi connectivity index (χ0v) is 18.9. The number of carbonyl (C=O) groups is 1. The van der Waals surface area contributed by atoms with E-state index in [2.05, 4.69) is 25.9 Å². The van der Waals surface area contributed by atoms with Crippen LogP contribution in [0.2, 0.25) is 0 Å². The van der Waals surface area contributed by atoms with Gasteiger partial charge in [0.05, 0.1) is 23.5 Å². The van der Waals surface area contributed by atoms with Crippen molar-refractivity contribution in [3.63, 3.8) is 0 Å². The SMILES string of the molecule is CC(C)(O)CCNC(=O)c1ccn2c(-c3nc(N[C@@H]4CNCC[C@H]4F)c(F)cc3F)cnc2c1. The summed E-state index contributed by atoms with van der Waals surface area (Å²) in [7, 11) is 0. The molecule has 0 radical (unpaired) electrons. The second-order valence-corrected chi connectivity index (χ2v) is 9.01. The van der Waals surface area contributed by atoms with E-state index < -0.39 is 29.4 Å².